The van der Waals surface area contributed by atoms with Gasteiger partial charge >= 0.3 is 0 Å². The monoisotopic (exact) mass is 460 g/mol. The van der Waals surface area contributed by atoms with Crippen molar-refractivity contribution in [3.63, 3.8) is 0 Å². The summed E-state index contributed by atoms with van der Waals surface area (Å²) in [5, 5.41) is 2.71. The highest BCUT2D eigenvalue weighted by Crippen LogP contribution is 2.28. The third-order valence-electron chi connectivity index (χ3n) is 5.86. The second-order valence-electron chi connectivity index (χ2n) is 8.61. The maximum atomic E-state index is 12.4. The summed E-state index contributed by atoms with van der Waals surface area (Å²) in [6.07, 6.45) is 2.77. The number of carbonyl (C=O) groups is 1. The number of carbonyl (C=O) groups excluding carboxylic acids is 1. The maximum Gasteiger partial charge on any atom is 0.262 e. The van der Waals surface area contributed by atoms with E-state index in [1.54, 1.807) is 12.1 Å². The van der Waals surface area contributed by atoms with Crippen LogP contribution >= 0.6 is 0 Å². The lowest BCUT2D eigenvalue weighted by Crippen LogP contribution is -2.31. The van der Waals surface area contributed by atoms with Crippen LogP contribution in [-0.4, -0.2) is 40.2 Å². The van der Waals surface area contributed by atoms with Crippen LogP contribution in [0.25, 0.3) is 0 Å². The Morgan fingerprint density at radius 1 is 1.12 bits per heavy atom. The molecule has 1 aliphatic heterocycles. The van der Waals surface area contributed by atoms with Crippen LogP contribution in [0.15, 0.2) is 53.4 Å². The van der Waals surface area contributed by atoms with E-state index in [9.17, 15) is 13.2 Å². The van der Waals surface area contributed by atoms with Crippen molar-refractivity contribution in [2.45, 2.75) is 56.4 Å². The minimum absolute atomic E-state index is 0.0716. The topological polar surface area (TPSA) is 93.7 Å². The summed E-state index contributed by atoms with van der Waals surface area (Å²) < 4.78 is 38.4. The molecule has 3 rings (SSSR count). The first-order valence-electron chi connectivity index (χ1n) is 10.9. The van der Waals surface area contributed by atoms with E-state index in [0.717, 1.165) is 19.3 Å². The van der Waals surface area contributed by atoms with Crippen LogP contribution < -0.4 is 14.8 Å². The zero-order chi connectivity index (χ0) is 23.2. The summed E-state index contributed by atoms with van der Waals surface area (Å²) in [5.74, 6) is 0.296. The van der Waals surface area contributed by atoms with Crippen molar-refractivity contribution in [3.8, 4) is 5.75 Å². The maximum absolute atomic E-state index is 12.4. The Hall–Kier alpha value is -2.42. The number of sulfonamides is 1. The van der Waals surface area contributed by atoms with Gasteiger partial charge in [0.15, 0.2) is 6.61 Å². The van der Waals surface area contributed by atoms with Gasteiger partial charge in [-0.15, -0.1) is 0 Å². The van der Waals surface area contributed by atoms with E-state index in [0.29, 0.717) is 18.0 Å². The summed E-state index contributed by atoms with van der Waals surface area (Å²) >= 11 is 0. The van der Waals surface area contributed by atoms with Crippen LogP contribution in [0.3, 0.4) is 0 Å². The Morgan fingerprint density at radius 3 is 2.41 bits per heavy atom. The fraction of sp³-hybridized carbons (Fsp3) is 0.458. The predicted octanol–water partition coefficient (Wildman–Crippen LogP) is 3.85. The van der Waals surface area contributed by atoms with Crippen LogP contribution in [0.1, 0.15) is 45.6 Å². The van der Waals surface area contributed by atoms with Gasteiger partial charge in [-0.2, -0.15) is 0 Å². The van der Waals surface area contributed by atoms with Crippen molar-refractivity contribution in [1.82, 2.24) is 4.72 Å². The summed E-state index contributed by atoms with van der Waals surface area (Å²) in [6.45, 7) is 7.32. The van der Waals surface area contributed by atoms with E-state index in [-0.39, 0.29) is 35.5 Å². The van der Waals surface area contributed by atoms with Crippen molar-refractivity contribution in [2.24, 2.45) is 0 Å². The molecule has 0 aromatic heterocycles. The zero-order valence-electron chi connectivity index (χ0n) is 18.9. The van der Waals surface area contributed by atoms with E-state index < -0.39 is 10.0 Å². The van der Waals surface area contributed by atoms with Gasteiger partial charge in [0.25, 0.3) is 5.91 Å². The molecule has 1 unspecified atom stereocenters. The molecule has 2 aromatic carbocycles. The van der Waals surface area contributed by atoms with Gasteiger partial charge in [0.1, 0.15) is 5.75 Å². The molecule has 8 heteroatoms. The highest BCUT2D eigenvalue weighted by Gasteiger charge is 2.20. The van der Waals surface area contributed by atoms with Gasteiger partial charge in [0.2, 0.25) is 10.0 Å². The molecule has 1 fully saturated rings. The largest absolute Gasteiger partial charge is 0.484 e. The summed E-state index contributed by atoms with van der Waals surface area (Å²) in [4.78, 5) is 12.3. The zero-order valence-corrected chi connectivity index (χ0v) is 19.7. The highest BCUT2D eigenvalue weighted by molar-refractivity contribution is 7.89. The fourth-order valence-corrected chi connectivity index (χ4v) is 4.43. The van der Waals surface area contributed by atoms with Crippen molar-refractivity contribution < 1.29 is 22.7 Å². The van der Waals surface area contributed by atoms with Crippen molar-refractivity contribution in [2.75, 3.05) is 25.1 Å². The van der Waals surface area contributed by atoms with Crippen LogP contribution in [0.4, 0.5) is 5.69 Å². The molecular weight excluding hydrogens is 428 g/mol. The first kappa shape index (κ1) is 24.2. The molecule has 0 radical (unpaired) electrons. The number of anilines is 1. The van der Waals surface area contributed by atoms with E-state index in [4.69, 9.17) is 9.47 Å². The molecule has 0 spiro atoms. The van der Waals surface area contributed by atoms with Crippen LogP contribution in [0.5, 0.6) is 5.75 Å². The standard InChI is InChI=1S/C24H32N2O5S/c1-4-24(2,3)18-7-11-20(12-8-18)31-17-23(27)26-19-9-13-22(14-10-19)32(28,29)25-16-21-6-5-15-30-21/h7-14,21,25H,4-6,15-17H2,1-3H3,(H,26,27). The number of hydrogen-bond acceptors (Lipinski definition) is 5. The Kier molecular flexibility index (Phi) is 7.92. The molecule has 1 amide bonds. The Bertz CT molecular complexity index is 996. The first-order valence-corrected chi connectivity index (χ1v) is 12.4. The minimum Gasteiger partial charge on any atom is -0.484 e. The molecule has 1 saturated heterocycles. The van der Waals surface area contributed by atoms with Gasteiger partial charge in [0.05, 0.1) is 11.0 Å². The van der Waals surface area contributed by atoms with Gasteiger partial charge in [-0.1, -0.05) is 32.9 Å². The molecule has 1 atom stereocenters. The third kappa shape index (κ3) is 6.54. The number of amides is 1. The number of ether oxygens (including phenoxy) is 2. The summed E-state index contributed by atoms with van der Waals surface area (Å²) in [6, 6.07) is 13.8. The molecule has 0 saturated carbocycles. The molecule has 7 nitrogen and oxygen atoms in total. The highest BCUT2D eigenvalue weighted by atomic mass is 32.2. The summed E-state index contributed by atoms with van der Waals surface area (Å²) in [5.41, 5.74) is 1.81. The quantitative estimate of drug-likeness (QED) is 0.562. The van der Waals surface area contributed by atoms with Gasteiger partial charge in [-0.3, -0.25) is 4.79 Å². The fourth-order valence-electron chi connectivity index (χ4n) is 3.36. The second-order valence-corrected chi connectivity index (χ2v) is 10.4. The molecule has 2 aromatic rings. The predicted molar refractivity (Wildman–Crippen MR) is 124 cm³/mol. The average molecular weight is 461 g/mol. The Balaban J connectivity index is 1.49. The lowest BCUT2D eigenvalue weighted by atomic mass is 9.82. The smallest absolute Gasteiger partial charge is 0.262 e. The van der Waals surface area contributed by atoms with Crippen LogP contribution in [0, 0.1) is 0 Å². The number of nitrogens with one attached hydrogen (secondary N) is 2. The van der Waals surface area contributed by atoms with Gasteiger partial charge in [-0.05, 0) is 66.6 Å². The SMILES string of the molecule is CCC(C)(C)c1ccc(OCC(=O)Nc2ccc(S(=O)(=O)NCC3CCCO3)cc2)cc1. The van der Waals surface area contributed by atoms with E-state index in [1.807, 2.05) is 24.3 Å². The van der Waals surface area contributed by atoms with Crippen LogP contribution in [0.2, 0.25) is 0 Å². The molecule has 32 heavy (non-hydrogen) atoms. The average Bonchev–Trinajstić information content (AvgIpc) is 3.31. The van der Waals surface area contributed by atoms with Crippen molar-refractivity contribution >= 4 is 21.6 Å². The normalized spacial score (nSPS) is 16.7. The third-order valence-corrected chi connectivity index (χ3v) is 7.30. The number of rotatable bonds is 10. The van der Waals surface area contributed by atoms with E-state index in [2.05, 4.69) is 30.8 Å². The summed E-state index contributed by atoms with van der Waals surface area (Å²) in [7, 11) is -3.62. The molecular formula is C24H32N2O5S. The lowest BCUT2D eigenvalue weighted by Gasteiger charge is -2.23. The molecule has 2 N–H and O–H groups in total. The van der Waals surface area contributed by atoms with E-state index >= 15 is 0 Å². The number of benzene rings is 2. The minimum atomic E-state index is -3.62. The Labute approximate surface area is 190 Å². The Morgan fingerprint density at radius 2 is 1.81 bits per heavy atom. The second kappa shape index (κ2) is 10.5. The molecule has 174 valence electrons. The van der Waals surface area contributed by atoms with Gasteiger partial charge in [0, 0.05) is 18.8 Å². The van der Waals surface area contributed by atoms with Gasteiger partial charge in [-0.25, -0.2) is 13.1 Å². The van der Waals surface area contributed by atoms with Gasteiger partial charge < -0.3 is 14.8 Å². The first-order chi connectivity index (χ1) is 15.2. The van der Waals surface area contributed by atoms with Crippen molar-refractivity contribution in [1.29, 1.82) is 0 Å². The molecule has 1 aliphatic rings. The molecule has 0 aliphatic carbocycles. The number of hydrogen-bond donors (Lipinski definition) is 2. The van der Waals surface area contributed by atoms with Crippen molar-refractivity contribution in [3.05, 3.63) is 54.1 Å². The van der Waals surface area contributed by atoms with Crippen LogP contribution in [-0.2, 0) is 25.0 Å². The molecule has 0 bridgehead atoms. The lowest BCUT2D eigenvalue weighted by molar-refractivity contribution is -0.118. The molecule has 1 heterocycles. The van der Waals surface area contributed by atoms with E-state index in [1.165, 1.54) is 17.7 Å².